The summed E-state index contributed by atoms with van der Waals surface area (Å²) in [5, 5.41) is 0.588. The molecule has 120 valence electrons. The number of ether oxygens (including phenoxy) is 1. The fourth-order valence-corrected chi connectivity index (χ4v) is 2.87. The van der Waals surface area contributed by atoms with E-state index >= 15 is 0 Å². The topological polar surface area (TPSA) is 56.3 Å². The molecule has 2 aromatic carbocycles. The summed E-state index contributed by atoms with van der Waals surface area (Å²) >= 11 is 3.40. The Hall–Kier alpha value is -2.53. The second-order valence-electron chi connectivity index (χ2n) is 5.12. The highest BCUT2D eigenvalue weighted by molar-refractivity contribution is 9.10. The van der Waals surface area contributed by atoms with Gasteiger partial charge in [0.2, 0.25) is 0 Å². The van der Waals surface area contributed by atoms with Gasteiger partial charge in [0, 0.05) is 21.6 Å². The number of hydrogen-bond donors (Lipinski definition) is 0. The lowest BCUT2D eigenvalue weighted by Gasteiger charge is -2.11. The van der Waals surface area contributed by atoms with Gasteiger partial charge < -0.3 is 4.74 Å². The van der Waals surface area contributed by atoms with E-state index in [1.807, 2.05) is 12.1 Å². The predicted octanol–water partition coefficient (Wildman–Crippen LogP) is 4.41. The Balaban J connectivity index is 2.25. The van der Waals surface area contributed by atoms with Crippen molar-refractivity contribution in [3.8, 4) is 0 Å². The maximum absolute atomic E-state index is 12.8. The van der Waals surface area contributed by atoms with Crippen LogP contribution in [0.1, 0.15) is 33.2 Å². The van der Waals surface area contributed by atoms with Gasteiger partial charge in [-0.05, 0) is 25.1 Å². The Morgan fingerprint density at radius 1 is 1.12 bits per heavy atom. The lowest BCUT2D eigenvalue weighted by molar-refractivity contribution is 0.0526. The van der Waals surface area contributed by atoms with Crippen LogP contribution in [0.5, 0.6) is 0 Å². The van der Waals surface area contributed by atoms with Crippen molar-refractivity contribution in [3.05, 3.63) is 75.9 Å². The molecule has 0 saturated carbocycles. The molecule has 1 aromatic heterocycles. The minimum atomic E-state index is -0.526. The lowest BCUT2D eigenvalue weighted by Crippen LogP contribution is -2.14. The Morgan fingerprint density at radius 2 is 1.88 bits per heavy atom. The molecule has 0 aliphatic heterocycles. The van der Waals surface area contributed by atoms with Crippen molar-refractivity contribution >= 4 is 38.6 Å². The first-order valence-corrected chi connectivity index (χ1v) is 8.26. The second kappa shape index (κ2) is 6.93. The normalized spacial score (nSPS) is 10.6. The van der Waals surface area contributed by atoms with Crippen LogP contribution in [0.15, 0.2) is 59.2 Å². The molecule has 0 unspecified atom stereocenters. The summed E-state index contributed by atoms with van der Waals surface area (Å²) < 4.78 is 5.97. The van der Waals surface area contributed by atoms with E-state index in [9.17, 15) is 9.59 Å². The van der Waals surface area contributed by atoms with Crippen LogP contribution in [0, 0.1) is 0 Å². The van der Waals surface area contributed by atoms with Gasteiger partial charge in [-0.15, -0.1) is 0 Å². The number of aromatic nitrogens is 1. The van der Waals surface area contributed by atoms with Crippen molar-refractivity contribution in [3.63, 3.8) is 0 Å². The number of rotatable bonds is 4. The van der Waals surface area contributed by atoms with E-state index in [1.165, 1.54) is 6.20 Å². The quantitative estimate of drug-likeness (QED) is 0.494. The fourth-order valence-electron chi connectivity index (χ4n) is 2.51. The highest BCUT2D eigenvalue weighted by Crippen LogP contribution is 2.26. The minimum absolute atomic E-state index is 0.232. The van der Waals surface area contributed by atoms with E-state index in [0.717, 1.165) is 4.47 Å². The van der Waals surface area contributed by atoms with Crippen LogP contribution in [0.3, 0.4) is 0 Å². The molecule has 1 heterocycles. The first kappa shape index (κ1) is 16.3. The molecule has 0 fully saturated rings. The molecule has 0 saturated heterocycles. The summed E-state index contributed by atoms with van der Waals surface area (Å²) in [6, 6.07) is 14.2. The van der Waals surface area contributed by atoms with Crippen LogP contribution in [-0.2, 0) is 4.74 Å². The van der Waals surface area contributed by atoms with Gasteiger partial charge in [-0.1, -0.05) is 46.3 Å². The van der Waals surface area contributed by atoms with Gasteiger partial charge in [0.15, 0.2) is 5.78 Å². The van der Waals surface area contributed by atoms with Crippen LogP contribution < -0.4 is 0 Å². The summed E-state index contributed by atoms with van der Waals surface area (Å²) in [4.78, 5) is 29.7. The molecule has 0 atom stereocenters. The third-order valence-electron chi connectivity index (χ3n) is 3.59. The van der Waals surface area contributed by atoms with Gasteiger partial charge in [-0.25, -0.2) is 4.79 Å². The summed E-state index contributed by atoms with van der Waals surface area (Å²) in [5.41, 5.74) is 1.62. The molecule has 0 N–H and O–H groups in total. The van der Waals surface area contributed by atoms with Crippen LogP contribution in [0.2, 0.25) is 0 Å². The molecule has 0 amide bonds. The number of hydrogen-bond acceptors (Lipinski definition) is 4. The Labute approximate surface area is 147 Å². The standard InChI is InChI=1S/C19H14BrNO3/c1-2-24-19(23)17-14-10-13(20)8-9-16(14)21-11-15(17)18(22)12-6-4-3-5-7-12/h3-11H,2H2,1H3. The molecule has 3 rings (SSSR count). The third-order valence-corrected chi connectivity index (χ3v) is 4.08. The Bertz CT molecular complexity index is 923. The highest BCUT2D eigenvalue weighted by atomic mass is 79.9. The average molecular weight is 384 g/mol. The van der Waals surface area contributed by atoms with Crippen LogP contribution in [0.4, 0.5) is 0 Å². The van der Waals surface area contributed by atoms with E-state index in [4.69, 9.17) is 4.74 Å². The largest absolute Gasteiger partial charge is 0.462 e. The van der Waals surface area contributed by atoms with Gasteiger partial charge in [0.1, 0.15) is 0 Å². The first-order chi connectivity index (χ1) is 11.6. The second-order valence-corrected chi connectivity index (χ2v) is 6.04. The zero-order chi connectivity index (χ0) is 17.1. The summed E-state index contributed by atoms with van der Waals surface area (Å²) in [5.74, 6) is -0.782. The van der Waals surface area contributed by atoms with Crippen LogP contribution in [-0.4, -0.2) is 23.3 Å². The number of esters is 1. The number of nitrogens with zero attached hydrogens (tertiary/aromatic N) is 1. The number of fused-ring (bicyclic) bond motifs is 1. The number of benzene rings is 2. The summed E-state index contributed by atoms with van der Waals surface area (Å²) in [6.45, 7) is 1.96. The maximum atomic E-state index is 12.8. The molecule has 0 radical (unpaired) electrons. The van der Waals surface area contributed by atoms with Crippen molar-refractivity contribution < 1.29 is 14.3 Å². The van der Waals surface area contributed by atoms with Gasteiger partial charge in [0.05, 0.1) is 23.3 Å². The zero-order valence-corrected chi connectivity index (χ0v) is 14.5. The maximum Gasteiger partial charge on any atom is 0.339 e. The molecular formula is C19H14BrNO3. The SMILES string of the molecule is CCOC(=O)c1c(C(=O)c2ccccc2)cnc2ccc(Br)cc12. The first-order valence-electron chi connectivity index (χ1n) is 7.47. The third kappa shape index (κ3) is 3.08. The molecule has 3 aromatic rings. The number of carbonyl (C=O) groups is 2. The van der Waals surface area contributed by atoms with E-state index in [0.29, 0.717) is 16.5 Å². The summed E-state index contributed by atoms with van der Waals surface area (Å²) in [7, 11) is 0. The van der Waals surface area contributed by atoms with Gasteiger partial charge >= 0.3 is 5.97 Å². The van der Waals surface area contributed by atoms with E-state index < -0.39 is 5.97 Å². The molecule has 0 spiro atoms. The summed E-state index contributed by atoms with van der Waals surface area (Å²) in [6.07, 6.45) is 1.44. The van der Waals surface area contributed by atoms with Crippen molar-refractivity contribution in [2.75, 3.05) is 6.61 Å². The molecule has 24 heavy (non-hydrogen) atoms. The van der Waals surface area contributed by atoms with Crippen molar-refractivity contribution in [1.82, 2.24) is 4.98 Å². The van der Waals surface area contributed by atoms with Crippen molar-refractivity contribution in [2.24, 2.45) is 0 Å². The predicted molar refractivity (Wildman–Crippen MR) is 95.3 cm³/mol. The molecule has 0 bridgehead atoms. The zero-order valence-electron chi connectivity index (χ0n) is 13.0. The van der Waals surface area contributed by atoms with E-state index in [2.05, 4.69) is 20.9 Å². The van der Waals surface area contributed by atoms with Crippen LogP contribution >= 0.6 is 15.9 Å². The van der Waals surface area contributed by atoms with E-state index in [-0.39, 0.29) is 23.5 Å². The Morgan fingerprint density at radius 3 is 2.58 bits per heavy atom. The van der Waals surface area contributed by atoms with Crippen molar-refractivity contribution in [2.45, 2.75) is 6.92 Å². The van der Waals surface area contributed by atoms with Crippen LogP contribution in [0.25, 0.3) is 10.9 Å². The van der Waals surface area contributed by atoms with Crippen molar-refractivity contribution in [1.29, 1.82) is 0 Å². The molecular weight excluding hydrogens is 370 g/mol. The molecule has 5 heteroatoms. The number of halogens is 1. The lowest BCUT2D eigenvalue weighted by atomic mass is 9.97. The van der Waals surface area contributed by atoms with Gasteiger partial charge in [-0.2, -0.15) is 0 Å². The van der Waals surface area contributed by atoms with Gasteiger partial charge in [-0.3, -0.25) is 9.78 Å². The number of ketones is 1. The minimum Gasteiger partial charge on any atom is -0.462 e. The number of pyridine rings is 1. The number of carbonyl (C=O) groups excluding carboxylic acids is 2. The fraction of sp³-hybridized carbons (Fsp3) is 0.105. The molecule has 4 nitrogen and oxygen atoms in total. The van der Waals surface area contributed by atoms with Gasteiger partial charge in [0.25, 0.3) is 0 Å². The molecule has 0 aliphatic carbocycles. The average Bonchev–Trinajstić information content (AvgIpc) is 2.61. The smallest absolute Gasteiger partial charge is 0.339 e. The molecule has 0 aliphatic rings. The monoisotopic (exact) mass is 383 g/mol. The Kier molecular flexibility index (Phi) is 4.71. The highest BCUT2D eigenvalue weighted by Gasteiger charge is 2.23. The van der Waals surface area contributed by atoms with E-state index in [1.54, 1.807) is 43.3 Å².